The van der Waals surface area contributed by atoms with Crippen LogP contribution < -0.4 is 9.78 Å². The highest BCUT2D eigenvalue weighted by atomic mass is 17.1. The van der Waals surface area contributed by atoms with Crippen LogP contribution >= 0.6 is 0 Å². The molecular formula is C15H16O4. The fourth-order valence-electron chi connectivity index (χ4n) is 2.27. The van der Waals surface area contributed by atoms with Gasteiger partial charge in [0.1, 0.15) is 0 Å². The summed E-state index contributed by atoms with van der Waals surface area (Å²) in [6.07, 6.45) is 0. The molecule has 2 rings (SSSR count). The van der Waals surface area contributed by atoms with Crippen molar-refractivity contribution in [1.82, 2.24) is 0 Å². The third-order valence-corrected chi connectivity index (χ3v) is 3.32. The number of rotatable bonds is 4. The predicted octanol–water partition coefficient (Wildman–Crippen LogP) is 3.72. The molecule has 0 aliphatic heterocycles. The van der Waals surface area contributed by atoms with E-state index in [4.69, 9.17) is 10.5 Å². The molecule has 0 saturated carbocycles. The largest absolute Gasteiger partial charge is 0.340 e. The molecule has 2 N–H and O–H groups in total. The zero-order valence-corrected chi connectivity index (χ0v) is 10.8. The van der Waals surface area contributed by atoms with Gasteiger partial charge in [0.15, 0.2) is 11.5 Å². The smallest absolute Gasteiger partial charge is 0.169 e. The van der Waals surface area contributed by atoms with Crippen LogP contribution in [0.3, 0.4) is 0 Å². The van der Waals surface area contributed by atoms with Gasteiger partial charge in [-0.05, 0) is 12.1 Å². The van der Waals surface area contributed by atoms with Gasteiger partial charge in [0.2, 0.25) is 0 Å². The van der Waals surface area contributed by atoms with Gasteiger partial charge in [-0.25, -0.2) is 10.5 Å². The zero-order chi connectivity index (χ0) is 13.9. The Balaban J connectivity index is 2.58. The van der Waals surface area contributed by atoms with E-state index in [0.29, 0.717) is 11.5 Å². The molecule has 4 nitrogen and oxygen atoms in total. The zero-order valence-electron chi connectivity index (χ0n) is 10.8. The lowest BCUT2D eigenvalue weighted by Gasteiger charge is -2.28. The van der Waals surface area contributed by atoms with Gasteiger partial charge in [-0.15, -0.1) is 0 Å². The van der Waals surface area contributed by atoms with Gasteiger partial charge in [0.05, 0.1) is 0 Å². The fourth-order valence-corrected chi connectivity index (χ4v) is 2.27. The van der Waals surface area contributed by atoms with Gasteiger partial charge in [-0.2, -0.15) is 0 Å². The second-order valence-corrected chi connectivity index (χ2v) is 4.80. The van der Waals surface area contributed by atoms with Crippen LogP contribution in [-0.4, -0.2) is 10.5 Å². The third-order valence-electron chi connectivity index (χ3n) is 3.32. The molecule has 0 radical (unpaired) electrons. The second-order valence-electron chi connectivity index (χ2n) is 4.80. The molecule has 19 heavy (non-hydrogen) atoms. The lowest BCUT2D eigenvalue weighted by Crippen LogP contribution is -2.20. The molecule has 0 aliphatic carbocycles. The van der Waals surface area contributed by atoms with Crippen molar-refractivity contribution in [1.29, 1.82) is 0 Å². The van der Waals surface area contributed by atoms with Crippen LogP contribution in [0.4, 0.5) is 0 Å². The van der Waals surface area contributed by atoms with E-state index in [1.165, 1.54) is 0 Å². The maximum Gasteiger partial charge on any atom is 0.169 e. The quantitative estimate of drug-likeness (QED) is 0.649. The van der Waals surface area contributed by atoms with Crippen molar-refractivity contribution in [3.63, 3.8) is 0 Å². The molecule has 0 aromatic heterocycles. The van der Waals surface area contributed by atoms with Crippen molar-refractivity contribution in [2.75, 3.05) is 0 Å². The minimum absolute atomic E-state index is 0.375. The standard InChI is InChI=1S/C15H16O4/c1-15(2,11-7-3-5-9-13(11)18-16)12-8-4-6-10-14(12)19-17/h3-10,16-17H,1-2H3. The highest BCUT2D eigenvalue weighted by Gasteiger charge is 2.29. The van der Waals surface area contributed by atoms with E-state index in [9.17, 15) is 0 Å². The van der Waals surface area contributed by atoms with E-state index in [-0.39, 0.29) is 0 Å². The molecule has 0 heterocycles. The van der Waals surface area contributed by atoms with Gasteiger partial charge in [0.25, 0.3) is 0 Å². The fraction of sp³-hybridized carbons (Fsp3) is 0.200. The summed E-state index contributed by atoms with van der Waals surface area (Å²) >= 11 is 0. The lowest BCUT2D eigenvalue weighted by molar-refractivity contribution is -0.140. The lowest BCUT2D eigenvalue weighted by atomic mass is 9.77. The highest BCUT2D eigenvalue weighted by Crippen LogP contribution is 2.40. The monoisotopic (exact) mass is 260 g/mol. The van der Waals surface area contributed by atoms with E-state index in [1.807, 2.05) is 38.1 Å². The topological polar surface area (TPSA) is 58.9 Å². The van der Waals surface area contributed by atoms with E-state index in [0.717, 1.165) is 11.1 Å². The van der Waals surface area contributed by atoms with Crippen LogP contribution in [0.15, 0.2) is 48.5 Å². The maximum absolute atomic E-state index is 8.97. The predicted molar refractivity (Wildman–Crippen MR) is 71.5 cm³/mol. The van der Waals surface area contributed by atoms with E-state index in [1.54, 1.807) is 24.3 Å². The van der Waals surface area contributed by atoms with Crippen molar-refractivity contribution >= 4 is 0 Å². The molecule has 4 heteroatoms. The van der Waals surface area contributed by atoms with Gasteiger partial charge in [-0.3, -0.25) is 0 Å². The van der Waals surface area contributed by atoms with Crippen molar-refractivity contribution in [3.8, 4) is 11.5 Å². The van der Waals surface area contributed by atoms with Gasteiger partial charge in [-0.1, -0.05) is 50.2 Å². The van der Waals surface area contributed by atoms with E-state index < -0.39 is 5.41 Å². The van der Waals surface area contributed by atoms with Crippen molar-refractivity contribution in [3.05, 3.63) is 59.7 Å². The molecule has 0 aliphatic rings. The Hall–Kier alpha value is -2.04. The number of hydrogen-bond acceptors (Lipinski definition) is 4. The molecule has 0 atom stereocenters. The molecule has 0 saturated heterocycles. The first-order chi connectivity index (χ1) is 9.11. The molecule has 2 aromatic carbocycles. The Bertz CT molecular complexity index is 514. The Morgan fingerprint density at radius 2 is 1.11 bits per heavy atom. The molecule has 2 aromatic rings. The number of para-hydroxylation sites is 2. The molecule has 0 unspecified atom stereocenters. The Kier molecular flexibility index (Phi) is 3.74. The van der Waals surface area contributed by atoms with Crippen LogP contribution in [-0.2, 0) is 5.41 Å². The van der Waals surface area contributed by atoms with E-state index in [2.05, 4.69) is 9.78 Å². The third kappa shape index (κ3) is 2.41. The van der Waals surface area contributed by atoms with E-state index >= 15 is 0 Å². The summed E-state index contributed by atoms with van der Waals surface area (Å²) in [6, 6.07) is 14.4. The molecule has 100 valence electrons. The summed E-state index contributed by atoms with van der Waals surface area (Å²) in [5.41, 5.74) is 1.09. The minimum atomic E-state index is -0.501. The van der Waals surface area contributed by atoms with Gasteiger partial charge in [0, 0.05) is 16.5 Å². The summed E-state index contributed by atoms with van der Waals surface area (Å²) in [5.74, 6) is 0.750. The maximum atomic E-state index is 8.97. The van der Waals surface area contributed by atoms with Crippen LogP contribution in [0, 0.1) is 0 Å². The van der Waals surface area contributed by atoms with Crippen molar-refractivity contribution in [2.45, 2.75) is 19.3 Å². The van der Waals surface area contributed by atoms with Gasteiger partial charge >= 0.3 is 0 Å². The van der Waals surface area contributed by atoms with Crippen LogP contribution in [0.1, 0.15) is 25.0 Å². The summed E-state index contributed by atoms with van der Waals surface area (Å²) in [7, 11) is 0. The first kappa shape index (κ1) is 13.4. The number of hydrogen-bond donors (Lipinski definition) is 2. The first-order valence-corrected chi connectivity index (χ1v) is 5.93. The van der Waals surface area contributed by atoms with Crippen LogP contribution in [0.25, 0.3) is 0 Å². The van der Waals surface area contributed by atoms with Crippen LogP contribution in [0.5, 0.6) is 11.5 Å². The SMILES string of the molecule is CC(C)(c1ccccc1OO)c1ccccc1OO. The average Bonchev–Trinajstić information content (AvgIpc) is 2.47. The normalized spacial score (nSPS) is 11.2. The highest BCUT2D eigenvalue weighted by molar-refractivity contribution is 5.50. The molecular weight excluding hydrogens is 244 g/mol. The first-order valence-electron chi connectivity index (χ1n) is 5.93. The minimum Gasteiger partial charge on any atom is -0.340 e. The number of benzene rings is 2. The average molecular weight is 260 g/mol. The summed E-state index contributed by atoms with van der Waals surface area (Å²) < 4.78 is 0. The molecule has 0 fully saturated rings. The van der Waals surface area contributed by atoms with Crippen LogP contribution in [0.2, 0.25) is 0 Å². The summed E-state index contributed by atoms with van der Waals surface area (Å²) in [6.45, 7) is 3.92. The molecule has 0 spiro atoms. The Morgan fingerprint density at radius 1 is 0.737 bits per heavy atom. The van der Waals surface area contributed by atoms with Gasteiger partial charge < -0.3 is 9.78 Å². The summed E-state index contributed by atoms with van der Waals surface area (Å²) in [4.78, 5) is 8.85. The Morgan fingerprint density at radius 3 is 1.47 bits per heavy atom. The molecule has 0 bridgehead atoms. The van der Waals surface area contributed by atoms with Crippen molar-refractivity contribution < 1.29 is 20.3 Å². The summed E-state index contributed by atoms with van der Waals surface area (Å²) in [5, 5.41) is 17.9. The molecule has 0 amide bonds. The van der Waals surface area contributed by atoms with Crippen molar-refractivity contribution in [2.24, 2.45) is 0 Å². The Labute approximate surface area is 111 Å². The second kappa shape index (κ2) is 5.30.